The highest BCUT2D eigenvalue weighted by Gasteiger charge is 2.50. The predicted octanol–water partition coefficient (Wildman–Crippen LogP) is 6.09. The number of ketones is 1. The van der Waals surface area contributed by atoms with Crippen LogP contribution in [0.3, 0.4) is 0 Å². The Bertz CT molecular complexity index is 1400. The third-order valence-corrected chi connectivity index (χ3v) is 10.3. The first-order valence-corrected chi connectivity index (χ1v) is 16.3. The number of methoxy groups -OCH3 is 1. The number of fused-ring (bicyclic) bond motifs is 5. The summed E-state index contributed by atoms with van der Waals surface area (Å²) < 4.78 is 18.3. The van der Waals surface area contributed by atoms with Crippen LogP contribution in [0.25, 0.3) is 11.0 Å². The van der Waals surface area contributed by atoms with Crippen LogP contribution in [0.5, 0.6) is 11.6 Å². The molecule has 0 radical (unpaired) electrons. The van der Waals surface area contributed by atoms with Gasteiger partial charge in [-0.05, 0) is 75.8 Å². The second-order valence-electron chi connectivity index (χ2n) is 14.5. The molecule has 6 atom stereocenters. The van der Waals surface area contributed by atoms with Crippen molar-refractivity contribution in [1.29, 1.82) is 0 Å². The van der Waals surface area contributed by atoms with E-state index >= 15 is 0 Å². The van der Waals surface area contributed by atoms with Crippen molar-refractivity contribution >= 4 is 28.7 Å². The van der Waals surface area contributed by atoms with Crippen LogP contribution in [0, 0.1) is 23.2 Å². The number of ether oxygens (including phenoxy) is 3. The molecule has 2 aromatic rings. The van der Waals surface area contributed by atoms with Crippen molar-refractivity contribution in [2.45, 2.75) is 117 Å². The maximum atomic E-state index is 14.3. The standard InChI is InChI=1S/C35H49N3O6/c1-21-29-20-38(31(21)22(2)39)33(41)25(34(3,4)5)19-30(40)44-35(6)17-11-13-23(35)12-9-8-10-14-27-32(43-29)37-28-18-24(42-7)15-16-26(28)36-27/h15-16,18,21,23,25,29,31H,8-14,17,19-20H2,1-7H3/t21-,23-,25-,29+,31+,35-/m1/s1. The molecule has 2 aliphatic heterocycles. The van der Waals surface area contributed by atoms with Crippen molar-refractivity contribution in [3.8, 4) is 11.6 Å². The van der Waals surface area contributed by atoms with E-state index in [0.29, 0.717) is 29.5 Å². The van der Waals surface area contributed by atoms with E-state index in [9.17, 15) is 14.4 Å². The van der Waals surface area contributed by atoms with Gasteiger partial charge in [0.2, 0.25) is 11.8 Å². The third kappa shape index (κ3) is 6.57. The minimum atomic E-state index is -0.663. The molecule has 1 saturated carbocycles. The lowest BCUT2D eigenvalue weighted by atomic mass is 9.77. The van der Waals surface area contributed by atoms with Gasteiger partial charge < -0.3 is 19.1 Å². The molecule has 1 saturated heterocycles. The van der Waals surface area contributed by atoms with Crippen LogP contribution in [-0.4, -0.2) is 63.9 Å². The van der Waals surface area contributed by atoms with Crippen LogP contribution < -0.4 is 9.47 Å². The van der Waals surface area contributed by atoms with Crippen molar-refractivity contribution < 1.29 is 28.6 Å². The Morgan fingerprint density at radius 1 is 1.07 bits per heavy atom. The lowest BCUT2D eigenvalue weighted by Gasteiger charge is -2.36. The number of hydrogen-bond acceptors (Lipinski definition) is 8. The molecule has 9 heteroatoms. The average molecular weight is 608 g/mol. The summed E-state index contributed by atoms with van der Waals surface area (Å²) in [6.07, 6.45) is 7.09. The number of aromatic nitrogens is 2. The van der Waals surface area contributed by atoms with Gasteiger partial charge in [0.15, 0.2) is 5.78 Å². The summed E-state index contributed by atoms with van der Waals surface area (Å²) in [6, 6.07) is 4.97. The summed E-state index contributed by atoms with van der Waals surface area (Å²) in [5, 5.41) is 0. The second kappa shape index (κ2) is 12.6. The first kappa shape index (κ1) is 32.2. The van der Waals surface area contributed by atoms with E-state index in [0.717, 1.165) is 56.2 Å². The highest BCUT2D eigenvalue weighted by molar-refractivity contribution is 5.91. The Labute approximate surface area is 261 Å². The van der Waals surface area contributed by atoms with E-state index < -0.39 is 29.1 Å². The summed E-state index contributed by atoms with van der Waals surface area (Å²) in [4.78, 5) is 52.4. The minimum absolute atomic E-state index is 0.0200. The topological polar surface area (TPSA) is 108 Å². The van der Waals surface area contributed by atoms with Gasteiger partial charge in [0, 0.05) is 12.0 Å². The summed E-state index contributed by atoms with van der Waals surface area (Å²) in [6.45, 7) is 11.7. The molecule has 0 N–H and O–H groups in total. The van der Waals surface area contributed by atoms with Gasteiger partial charge in [-0.25, -0.2) is 9.97 Å². The van der Waals surface area contributed by atoms with Gasteiger partial charge in [-0.15, -0.1) is 0 Å². The van der Waals surface area contributed by atoms with E-state index in [1.165, 1.54) is 6.92 Å². The van der Waals surface area contributed by atoms with Crippen molar-refractivity contribution in [2.24, 2.45) is 23.2 Å². The third-order valence-electron chi connectivity index (χ3n) is 10.3. The number of rotatable bonds is 2. The molecule has 240 valence electrons. The molecule has 44 heavy (non-hydrogen) atoms. The Balaban J connectivity index is 1.54. The molecular weight excluding hydrogens is 558 g/mol. The average Bonchev–Trinajstić information content (AvgIpc) is 3.48. The fourth-order valence-electron chi connectivity index (χ4n) is 7.59. The summed E-state index contributed by atoms with van der Waals surface area (Å²) in [5.74, 6) is -0.149. The number of aryl methyl sites for hydroxylation is 1. The normalized spacial score (nSPS) is 30.5. The van der Waals surface area contributed by atoms with Crippen molar-refractivity contribution in [2.75, 3.05) is 13.7 Å². The lowest BCUT2D eigenvalue weighted by Crippen LogP contribution is -2.48. The van der Waals surface area contributed by atoms with E-state index in [1.807, 2.05) is 45.9 Å². The van der Waals surface area contributed by atoms with Gasteiger partial charge in [-0.2, -0.15) is 0 Å². The van der Waals surface area contributed by atoms with Gasteiger partial charge in [0.05, 0.1) is 43.1 Å². The van der Waals surface area contributed by atoms with Crippen LogP contribution in [0.2, 0.25) is 0 Å². The summed E-state index contributed by atoms with van der Waals surface area (Å²) in [7, 11) is 1.62. The monoisotopic (exact) mass is 607 g/mol. The first-order chi connectivity index (χ1) is 20.8. The molecule has 1 aliphatic carbocycles. The zero-order valence-corrected chi connectivity index (χ0v) is 27.5. The zero-order chi connectivity index (χ0) is 31.8. The molecule has 9 nitrogen and oxygen atoms in total. The van der Waals surface area contributed by atoms with Gasteiger partial charge in [0.25, 0.3) is 0 Å². The van der Waals surface area contributed by atoms with Crippen molar-refractivity contribution in [1.82, 2.24) is 14.9 Å². The van der Waals surface area contributed by atoms with E-state index in [2.05, 4.69) is 6.92 Å². The highest BCUT2D eigenvalue weighted by atomic mass is 16.6. The van der Waals surface area contributed by atoms with E-state index in [4.69, 9.17) is 24.2 Å². The van der Waals surface area contributed by atoms with Crippen LogP contribution in [-0.2, 0) is 25.5 Å². The Kier molecular flexibility index (Phi) is 9.24. The predicted molar refractivity (Wildman–Crippen MR) is 167 cm³/mol. The van der Waals surface area contributed by atoms with E-state index in [1.54, 1.807) is 12.0 Å². The number of benzene rings is 1. The Hall–Kier alpha value is -3.23. The molecule has 1 amide bonds. The number of Topliss-reactive ketones (excluding diaryl/α,β-unsaturated/α-hetero) is 1. The minimum Gasteiger partial charge on any atom is -0.497 e. The SMILES string of the molecule is COc1ccc2nc3c(nc2c1)O[C@H]1CN(C(=O)[C@H](C(C)(C)C)CC(=O)O[C@]2(C)CCC[C@H]2CCCCC3)[C@H](C(C)=O)[C@@H]1C. The number of carbonyl (C=O) groups is 3. The molecule has 3 aliphatic rings. The van der Waals surface area contributed by atoms with Gasteiger partial charge in [0.1, 0.15) is 23.1 Å². The number of esters is 1. The first-order valence-electron chi connectivity index (χ1n) is 16.3. The molecule has 0 unspecified atom stereocenters. The van der Waals surface area contributed by atoms with Crippen LogP contribution in [0.15, 0.2) is 18.2 Å². The Morgan fingerprint density at radius 2 is 1.82 bits per heavy atom. The van der Waals surface area contributed by atoms with E-state index in [-0.39, 0.29) is 36.5 Å². The Morgan fingerprint density at radius 3 is 2.52 bits per heavy atom. The molecule has 5 rings (SSSR count). The van der Waals surface area contributed by atoms with Gasteiger partial charge >= 0.3 is 5.97 Å². The molecule has 2 fully saturated rings. The number of hydrogen-bond donors (Lipinski definition) is 0. The molecule has 2 bridgehead atoms. The van der Waals surface area contributed by atoms with Gasteiger partial charge in [-0.3, -0.25) is 14.4 Å². The van der Waals surface area contributed by atoms with Crippen molar-refractivity contribution in [3.63, 3.8) is 0 Å². The smallest absolute Gasteiger partial charge is 0.307 e. The van der Waals surface area contributed by atoms with Gasteiger partial charge in [-0.1, -0.05) is 40.5 Å². The lowest BCUT2D eigenvalue weighted by molar-refractivity contribution is -0.167. The van der Waals surface area contributed by atoms with Crippen LogP contribution in [0.4, 0.5) is 0 Å². The zero-order valence-electron chi connectivity index (χ0n) is 27.5. The fraction of sp³-hybridized carbons (Fsp3) is 0.686. The van der Waals surface area contributed by atoms with Crippen LogP contribution >= 0.6 is 0 Å². The molecule has 3 heterocycles. The number of nitrogens with zero attached hydrogens (tertiary/aromatic N) is 3. The summed E-state index contributed by atoms with van der Waals surface area (Å²) in [5.41, 5.74) is 1.18. The summed E-state index contributed by atoms with van der Waals surface area (Å²) >= 11 is 0. The molecular formula is C35H49N3O6. The second-order valence-corrected chi connectivity index (χ2v) is 14.5. The molecule has 0 spiro atoms. The quantitative estimate of drug-likeness (QED) is 0.378. The largest absolute Gasteiger partial charge is 0.497 e. The fourth-order valence-corrected chi connectivity index (χ4v) is 7.59. The highest BCUT2D eigenvalue weighted by Crippen LogP contribution is 2.43. The maximum absolute atomic E-state index is 14.3. The molecule has 1 aromatic heterocycles. The number of amides is 1. The maximum Gasteiger partial charge on any atom is 0.307 e. The van der Waals surface area contributed by atoms with Crippen molar-refractivity contribution in [3.05, 3.63) is 23.9 Å². The molecule has 1 aromatic carbocycles. The number of carbonyl (C=O) groups excluding carboxylic acids is 3. The van der Waals surface area contributed by atoms with Crippen LogP contribution in [0.1, 0.15) is 98.6 Å².